The van der Waals surface area contributed by atoms with Crippen LogP contribution in [0.5, 0.6) is 0 Å². The minimum Gasteiger partial charge on any atom is -0.376 e. The molecule has 8 heteroatoms. The van der Waals surface area contributed by atoms with Crippen molar-refractivity contribution in [2.75, 3.05) is 37.4 Å². The summed E-state index contributed by atoms with van der Waals surface area (Å²) in [5.41, 5.74) is 1.39. The van der Waals surface area contributed by atoms with Crippen molar-refractivity contribution in [2.24, 2.45) is 5.92 Å². The quantitative estimate of drug-likeness (QED) is 0.427. The zero-order chi connectivity index (χ0) is 24.7. The van der Waals surface area contributed by atoms with Crippen molar-refractivity contribution in [3.63, 3.8) is 0 Å². The normalized spacial score (nSPS) is 16.4. The van der Waals surface area contributed by atoms with Crippen LogP contribution >= 0.6 is 11.6 Å². The first-order valence-corrected chi connectivity index (χ1v) is 12.1. The fourth-order valence-electron chi connectivity index (χ4n) is 3.49. The van der Waals surface area contributed by atoms with Gasteiger partial charge in [-0.25, -0.2) is 9.97 Å². The molecule has 0 bridgehead atoms. The fraction of sp³-hybridized carbons (Fsp3) is 0.560. The van der Waals surface area contributed by atoms with E-state index in [1.807, 2.05) is 39.1 Å². The van der Waals surface area contributed by atoms with Crippen LogP contribution in [-0.4, -0.2) is 48.7 Å². The largest absolute Gasteiger partial charge is 0.376 e. The van der Waals surface area contributed by atoms with Gasteiger partial charge in [-0.05, 0) is 70.8 Å². The molecule has 3 heterocycles. The molecule has 1 amide bonds. The van der Waals surface area contributed by atoms with Crippen molar-refractivity contribution in [2.45, 2.75) is 59.5 Å². The lowest BCUT2D eigenvalue weighted by molar-refractivity contribution is -0.105. The van der Waals surface area contributed by atoms with Crippen molar-refractivity contribution in [1.82, 2.24) is 15.3 Å². The van der Waals surface area contributed by atoms with Gasteiger partial charge in [-0.1, -0.05) is 38.4 Å². The predicted molar refractivity (Wildman–Crippen MR) is 139 cm³/mol. The number of halogens is 1. The van der Waals surface area contributed by atoms with E-state index in [-0.39, 0.29) is 5.60 Å². The van der Waals surface area contributed by atoms with Gasteiger partial charge in [-0.3, -0.25) is 4.79 Å². The minimum atomic E-state index is -0.0631. The van der Waals surface area contributed by atoms with Crippen LogP contribution in [0.25, 0.3) is 11.3 Å². The van der Waals surface area contributed by atoms with Gasteiger partial charge in [0, 0.05) is 24.9 Å². The van der Waals surface area contributed by atoms with Crippen LogP contribution in [0.4, 0.5) is 11.6 Å². The third kappa shape index (κ3) is 10.5. The Hall–Kier alpha value is -2.22. The van der Waals surface area contributed by atoms with Crippen LogP contribution in [0.1, 0.15) is 53.9 Å². The van der Waals surface area contributed by atoms with E-state index in [2.05, 4.69) is 46.7 Å². The van der Waals surface area contributed by atoms with Crippen molar-refractivity contribution >= 4 is 29.6 Å². The van der Waals surface area contributed by atoms with E-state index in [1.165, 1.54) is 12.6 Å². The highest BCUT2D eigenvalue weighted by molar-refractivity contribution is 6.33. The number of ether oxygens (including phenoxy) is 1. The summed E-state index contributed by atoms with van der Waals surface area (Å²) in [4.78, 5) is 19.3. The summed E-state index contributed by atoms with van der Waals surface area (Å²) in [6.07, 6.45) is 5.40. The molecule has 1 unspecified atom stereocenters. The molecule has 0 saturated carbocycles. The van der Waals surface area contributed by atoms with Crippen molar-refractivity contribution in [3.05, 3.63) is 35.5 Å². The third-order valence-corrected chi connectivity index (χ3v) is 5.26. The molecule has 0 aliphatic carbocycles. The predicted octanol–water partition coefficient (Wildman–Crippen LogP) is 5.62. The molecule has 2 aromatic heterocycles. The number of anilines is 2. The Kier molecular flexibility index (Phi) is 13.6. The molecular weight excluding hydrogens is 438 g/mol. The van der Waals surface area contributed by atoms with E-state index in [9.17, 15) is 4.79 Å². The first-order chi connectivity index (χ1) is 15.9. The number of carbonyl (C=O) groups is 1. The summed E-state index contributed by atoms with van der Waals surface area (Å²) >= 11 is 6.26. The third-order valence-electron chi connectivity index (χ3n) is 4.96. The van der Waals surface area contributed by atoms with Crippen LogP contribution in [0, 0.1) is 5.92 Å². The van der Waals surface area contributed by atoms with E-state index in [0.717, 1.165) is 49.6 Å². The van der Waals surface area contributed by atoms with Crippen molar-refractivity contribution in [1.29, 1.82) is 0 Å². The van der Waals surface area contributed by atoms with Crippen LogP contribution in [0.3, 0.4) is 0 Å². The van der Waals surface area contributed by atoms with Gasteiger partial charge < -0.3 is 20.7 Å². The van der Waals surface area contributed by atoms with Gasteiger partial charge in [-0.15, -0.1) is 0 Å². The number of nitrogens with one attached hydrogen (secondary N) is 3. The van der Waals surface area contributed by atoms with Crippen LogP contribution in [0.2, 0.25) is 5.02 Å². The molecule has 1 aliphatic heterocycles. The molecule has 33 heavy (non-hydrogen) atoms. The lowest BCUT2D eigenvalue weighted by Gasteiger charge is -2.35. The maximum atomic E-state index is 10.6. The first kappa shape index (κ1) is 28.8. The van der Waals surface area contributed by atoms with Crippen LogP contribution in [-0.2, 0) is 9.53 Å². The fourth-order valence-corrected chi connectivity index (χ4v) is 3.69. The minimum absolute atomic E-state index is 0.0631. The average molecular weight is 478 g/mol. The van der Waals surface area contributed by atoms with Gasteiger partial charge >= 0.3 is 0 Å². The monoisotopic (exact) mass is 477 g/mol. The highest BCUT2D eigenvalue weighted by Crippen LogP contribution is 2.30. The topological polar surface area (TPSA) is 88.2 Å². The lowest BCUT2D eigenvalue weighted by atomic mass is 9.88. The molecular formula is C25H40ClN5O2. The van der Waals surface area contributed by atoms with Gasteiger partial charge in [0.1, 0.15) is 11.6 Å². The number of pyridine rings is 2. The number of hydrogen-bond donors (Lipinski definition) is 3. The van der Waals surface area contributed by atoms with Crippen molar-refractivity contribution < 1.29 is 9.53 Å². The molecule has 3 rings (SSSR count). The molecule has 2 aromatic rings. The van der Waals surface area contributed by atoms with E-state index >= 15 is 0 Å². The molecule has 1 atom stereocenters. The Morgan fingerprint density at radius 3 is 2.64 bits per heavy atom. The average Bonchev–Trinajstić information content (AvgIpc) is 2.81. The number of nitrogens with zero attached hydrogens (tertiary/aromatic N) is 2. The second-order valence-electron chi connectivity index (χ2n) is 8.17. The lowest BCUT2D eigenvalue weighted by Crippen LogP contribution is -2.36. The molecule has 3 N–H and O–H groups in total. The van der Waals surface area contributed by atoms with Crippen molar-refractivity contribution in [3.8, 4) is 11.3 Å². The number of amides is 1. The number of carbonyl (C=O) groups excluding carboxylic acids is 1. The maximum absolute atomic E-state index is 10.6. The smallest absolute Gasteiger partial charge is 0.212 e. The summed E-state index contributed by atoms with van der Waals surface area (Å²) in [5, 5.41) is 9.46. The Balaban J connectivity index is 0.000000689. The van der Waals surface area contributed by atoms with E-state index < -0.39 is 0 Å². The highest BCUT2D eigenvalue weighted by Gasteiger charge is 2.28. The zero-order valence-corrected chi connectivity index (χ0v) is 21.6. The summed E-state index contributed by atoms with van der Waals surface area (Å²) in [7, 11) is 1.96. The van der Waals surface area contributed by atoms with Gasteiger partial charge in [0.2, 0.25) is 6.41 Å². The molecule has 1 fully saturated rings. The highest BCUT2D eigenvalue weighted by atomic mass is 35.5. The molecule has 0 radical (unpaired) electrons. The van der Waals surface area contributed by atoms with Crippen LogP contribution in [0.15, 0.2) is 30.5 Å². The van der Waals surface area contributed by atoms with Gasteiger partial charge in [0.15, 0.2) is 0 Å². The molecule has 1 aliphatic rings. The van der Waals surface area contributed by atoms with E-state index in [4.69, 9.17) is 16.3 Å². The van der Waals surface area contributed by atoms with E-state index in [1.54, 1.807) is 6.07 Å². The summed E-state index contributed by atoms with van der Waals surface area (Å²) in [6, 6.07) is 7.47. The maximum Gasteiger partial charge on any atom is 0.212 e. The second-order valence-corrected chi connectivity index (χ2v) is 8.58. The standard InChI is InChI=1S/C19H23ClN4O2.C4H11N.C2H6/c1-19(2)9-13(6-7-26-19)10-21-17-5-3-4-16(24-17)14-8-18(23-12-25)22-11-15(14)20;1-3-4-5-2;1-2/h3-5,8,11-13H,6-7,9-10H2,1-2H3,(H,21,24)(H,22,23,25);5H,3-4H2,1-2H3;1-2H3. The Morgan fingerprint density at radius 2 is 2.03 bits per heavy atom. The number of rotatable bonds is 8. The summed E-state index contributed by atoms with van der Waals surface area (Å²) in [6.45, 7) is 13.2. The molecule has 7 nitrogen and oxygen atoms in total. The Labute approximate surface area is 204 Å². The molecule has 184 valence electrons. The summed E-state index contributed by atoms with van der Waals surface area (Å²) < 4.78 is 5.77. The molecule has 0 spiro atoms. The zero-order valence-electron chi connectivity index (χ0n) is 20.9. The first-order valence-electron chi connectivity index (χ1n) is 11.7. The molecule has 1 saturated heterocycles. The Morgan fingerprint density at radius 1 is 1.27 bits per heavy atom. The number of hydrogen-bond acceptors (Lipinski definition) is 6. The molecule has 0 aromatic carbocycles. The van der Waals surface area contributed by atoms with E-state index in [0.29, 0.717) is 23.2 Å². The second kappa shape index (κ2) is 15.6. The Bertz CT molecular complexity index is 830. The number of aromatic nitrogens is 2. The van der Waals surface area contributed by atoms with Gasteiger partial charge in [0.05, 0.1) is 16.3 Å². The van der Waals surface area contributed by atoms with Crippen LogP contribution < -0.4 is 16.0 Å². The van der Waals surface area contributed by atoms with Gasteiger partial charge in [0.25, 0.3) is 0 Å². The summed E-state index contributed by atoms with van der Waals surface area (Å²) in [5.74, 6) is 1.78. The van der Waals surface area contributed by atoms with Gasteiger partial charge in [-0.2, -0.15) is 0 Å². The SMILES string of the molecule is CC.CC1(C)CC(CNc2cccc(-c3cc(NC=O)ncc3Cl)n2)CCO1.CCCNC.